The Hall–Kier alpha value is -1.88. The highest BCUT2D eigenvalue weighted by molar-refractivity contribution is 9.10. The molecule has 2 aromatic carbocycles. The molecule has 6 heteroatoms. The molecule has 1 amide bonds. The average molecular weight is 479 g/mol. The number of benzene rings is 2. The number of nitrogens with one attached hydrogen (secondary N) is 2. The fraction of sp³-hybridized carbons (Fsp3) is 0.182. The van der Waals surface area contributed by atoms with Gasteiger partial charge in [0.15, 0.2) is 6.20 Å². The second-order valence-corrected chi connectivity index (χ2v) is 8.40. The van der Waals surface area contributed by atoms with E-state index in [9.17, 15) is 4.79 Å². The van der Waals surface area contributed by atoms with Gasteiger partial charge in [-0.25, -0.2) is 4.98 Å². The average Bonchev–Trinajstić information content (AvgIpc) is 2.68. The third kappa shape index (κ3) is 5.57. The molecule has 0 unspecified atom stereocenters. The molecule has 2 atom stereocenters. The van der Waals surface area contributed by atoms with Crippen LogP contribution in [0, 0.1) is 0 Å². The van der Waals surface area contributed by atoms with Crippen LogP contribution in [0.15, 0.2) is 71.5 Å². The molecule has 0 aliphatic rings. The number of rotatable bonds is 6. The number of hydrogen-bond acceptors (Lipinski definition) is 1. The Labute approximate surface area is 183 Å². The van der Waals surface area contributed by atoms with E-state index in [2.05, 4.69) is 26.2 Å². The molecule has 144 valence electrons. The molecular formula is C22H20BrCl2N2O+. The van der Waals surface area contributed by atoms with Crippen LogP contribution in [-0.4, -0.2) is 11.9 Å². The molecule has 3 aromatic rings. The summed E-state index contributed by atoms with van der Waals surface area (Å²) in [6, 6.07) is 19.0. The van der Waals surface area contributed by atoms with Gasteiger partial charge in [0.25, 0.3) is 5.91 Å². The minimum absolute atomic E-state index is 0.0844. The number of hydrogen-bond donors (Lipinski definition) is 1. The van der Waals surface area contributed by atoms with Gasteiger partial charge in [-0.2, -0.15) is 0 Å². The summed E-state index contributed by atoms with van der Waals surface area (Å²) in [6.45, 7) is 2.03. The Balaban J connectivity index is 1.83. The van der Waals surface area contributed by atoms with Crippen molar-refractivity contribution >= 4 is 45.0 Å². The highest BCUT2D eigenvalue weighted by Crippen LogP contribution is 2.27. The van der Waals surface area contributed by atoms with Crippen LogP contribution in [0.3, 0.4) is 0 Å². The van der Waals surface area contributed by atoms with Crippen LogP contribution >= 0.6 is 39.1 Å². The standard InChI is InChI=1S/C22H19BrCl2N2O/c1-14(27-22(28)17-10-11-26-21(23)13-17)20(16-4-8-19(25)9-5-16)12-15-2-6-18(24)7-3-15/h2-11,13-14,20H,12H2,1H3,(H,27,28)/p+1/t14-,20+/m1/s1. The molecule has 3 nitrogen and oxygen atoms in total. The molecule has 2 N–H and O–H groups in total. The van der Waals surface area contributed by atoms with Crippen LogP contribution in [0.2, 0.25) is 10.0 Å². The van der Waals surface area contributed by atoms with Crippen LogP contribution < -0.4 is 10.3 Å². The Morgan fingerprint density at radius 2 is 1.64 bits per heavy atom. The maximum absolute atomic E-state index is 12.7. The number of carbonyl (C=O) groups is 1. The number of halogens is 3. The summed E-state index contributed by atoms with van der Waals surface area (Å²) in [5, 5.41) is 4.53. The first-order valence-corrected chi connectivity index (χ1v) is 10.5. The molecule has 0 aliphatic heterocycles. The van der Waals surface area contributed by atoms with Gasteiger partial charge in [-0.1, -0.05) is 47.5 Å². The van der Waals surface area contributed by atoms with Gasteiger partial charge in [-0.05, 0) is 48.7 Å². The summed E-state index contributed by atoms with van der Waals surface area (Å²) in [5.41, 5.74) is 2.87. The van der Waals surface area contributed by atoms with E-state index in [0.29, 0.717) is 15.6 Å². The van der Waals surface area contributed by atoms with Crippen molar-refractivity contribution in [1.29, 1.82) is 0 Å². The molecule has 0 aliphatic carbocycles. The third-order valence-corrected chi connectivity index (χ3v) is 5.62. The van der Waals surface area contributed by atoms with Crippen LogP contribution in [-0.2, 0) is 6.42 Å². The largest absolute Gasteiger partial charge is 0.349 e. The zero-order chi connectivity index (χ0) is 20.1. The summed E-state index contributed by atoms with van der Waals surface area (Å²) in [4.78, 5) is 15.7. The van der Waals surface area contributed by atoms with Gasteiger partial charge in [0, 0.05) is 50.1 Å². The van der Waals surface area contributed by atoms with Gasteiger partial charge < -0.3 is 5.32 Å². The van der Waals surface area contributed by atoms with Crippen molar-refractivity contribution in [2.45, 2.75) is 25.3 Å². The number of H-pyrrole nitrogens is 1. The molecule has 3 rings (SSSR count). The maximum Gasteiger partial charge on any atom is 0.252 e. The lowest BCUT2D eigenvalue weighted by Crippen LogP contribution is -2.38. The lowest BCUT2D eigenvalue weighted by molar-refractivity contribution is -0.392. The van der Waals surface area contributed by atoms with Gasteiger partial charge in [0.1, 0.15) is 0 Å². The van der Waals surface area contributed by atoms with Crippen molar-refractivity contribution in [2.24, 2.45) is 0 Å². The molecule has 0 fully saturated rings. The van der Waals surface area contributed by atoms with E-state index in [1.54, 1.807) is 18.3 Å². The summed E-state index contributed by atoms with van der Waals surface area (Å²) < 4.78 is 0.753. The van der Waals surface area contributed by atoms with Gasteiger partial charge in [0.05, 0.1) is 5.56 Å². The predicted octanol–water partition coefficient (Wildman–Crippen LogP) is 5.71. The Morgan fingerprint density at radius 3 is 2.25 bits per heavy atom. The van der Waals surface area contributed by atoms with Crippen molar-refractivity contribution in [3.05, 3.63) is 98.2 Å². The minimum Gasteiger partial charge on any atom is -0.349 e. The Kier molecular flexibility index (Phi) is 7.11. The van der Waals surface area contributed by atoms with Gasteiger partial charge in [-0.15, -0.1) is 0 Å². The van der Waals surface area contributed by atoms with E-state index in [0.717, 1.165) is 22.2 Å². The molecule has 0 bridgehead atoms. The fourth-order valence-electron chi connectivity index (χ4n) is 3.14. The van der Waals surface area contributed by atoms with E-state index in [1.807, 2.05) is 55.5 Å². The first kappa shape index (κ1) is 20.8. The fourth-order valence-corrected chi connectivity index (χ4v) is 3.77. The van der Waals surface area contributed by atoms with Crippen LogP contribution in [0.5, 0.6) is 0 Å². The predicted molar refractivity (Wildman–Crippen MR) is 117 cm³/mol. The minimum atomic E-state index is -0.114. The number of aromatic nitrogens is 1. The monoisotopic (exact) mass is 477 g/mol. The second kappa shape index (κ2) is 9.55. The van der Waals surface area contributed by atoms with Crippen LogP contribution in [0.4, 0.5) is 0 Å². The Bertz CT molecular complexity index is 946. The van der Waals surface area contributed by atoms with Gasteiger partial charge in [-0.3, -0.25) is 4.79 Å². The molecule has 1 heterocycles. The van der Waals surface area contributed by atoms with E-state index >= 15 is 0 Å². The molecule has 0 spiro atoms. The summed E-state index contributed by atoms with van der Waals surface area (Å²) >= 11 is 15.4. The highest BCUT2D eigenvalue weighted by atomic mass is 79.9. The normalized spacial score (nSPS) is 13.0. The molecule has 28 heavy (non-hydrogen) atoms. The SMILES string of the molecule is C[C@@H](NC(=O)c1cc[nH+]c(Br)c1)[C@H](Cc1ccc(Cl)cc1)c1ccc(Cl)cc1. The summed E-state index contributed by atoms with van der Waals surface area (Å²) in [5.74, 6) is -0.0293. The second-order valence-electron chi connectivity index (χ2n) is 6.68. The van der Waals surface area contributed by atoms with Crippen molar-refractivity contribution in [2.75, 3.05) is 0 Å². The lowest BCUT2D eigenvalue weighted by atomic mass is 9.86. The van der Waals surface area contributed by atoms with Gasteiger partial charge >= 0.3 is 0 Å². The zero-order valence-electron chi connectivity index (χ0n) is 15.3. The van der Waals surface area contributed by atoms with Crippen LogP contribution in [0.1, 0.15) is 34.3 Å². The van der Waals surface area contributed by atoms with Crippen molar-refractivity contribution in [1.82, 2.24) is 5.32 Å². The van der Waals surface area contributed by atoms with E-state index in [-0.39, 0.29) is 17.9 Å². The molecule has 1 aromatic heterocycles. The highest BCUT2D eigenvalue weighted by Gasteiger charge is 2.22. The third-order valence-electron chi connectivity index (χ3n) is 4.66. The zero-order valence-corrected chi connectivity index (χ0v) is 18.4. The molecular weight excluding hydrogens is 459 g/mol. The lowest BCUT2D eigenvalue weighted by Gasteiger charge is -2.26. The number of pyridine rings is 1. The number of carbonyl (C=O) groups excluding carboxylic acids is 1. The molecule has 0 saturated heterocycles. The smallest absolute Gasteiger partial charge is 0.252 e. The first-order chi connectivity index (χ1) is 13.4. The van der Waals surface area contributed by atoms with E-state index in [4.69, 9.17) is 23.2 Å². The molecule has 0 saturated carbocycles. The van der Waals surface area contributed by atoms with Crippen molar-refractivity contribution in [3.63, 3.8) is 0 Å². The van der Waals surface area contributed by atoms with Crippen molar-refractivity contribution in [3.8, 4) is 0 Å². The number of amides is 1. The maximum atomic E-state index is 12.7. The first-order valence-electron chi connectivity index (χ1n) is 8.90. The van der Waals surface area contributed by atoms with E-state index < -0.39 is 0 Å². The number of aromatic amines is 1. The Morgan fingerprint density at radius 1 is 1.04 bits per heavy atom. The topological polar surface area (TPSA) is 43.2 Å². The summed E-state index contributed by atoms with van der Waals surface area (Å²) in [7, 11) is 0. The van der Waals surface area contributed by atoms with Crippen LogP contribution in [0.25, 0.3) is 0 Å². The molecule has 0 radical (unpaired) electrons. The van der Waals surface area contributed by atoms with Gasteiger partial charge in [0.2, 0.25) is 4.60 Å². The quantitative estimate of drug-likeness (QED) is 0.452. The van der Waals surface area contributed by atoms with E-state index in [1.165, 1.54) is 0 Å². The summed E-state index contributed by atoms with van der Waals surface area (Å²) in [6.07, 6.45) is 2.50. The van der Waals surface area contributed by atoms with Crippen molar-refractivity contribution < 1.29 is 9.78 Å².